The van der Waals surface area contributed by atoms with Crippen LogP contribution >= 0.6 is 11.6 Å². The summed E-state index contributed by atoms with van der Waals surface area (Å²) in [6.07, 6.45) is 5.86. The molecule has 2 aliphatic carbocycles. The van der Waals surface area contributed by atoms with Crippen molar-refractivity contribution in [3.63, 3.8) is 0 Å². The largest absolute Gasteiger partial charge is 0.493 e. The normalized spacial score (nSPS) is 22.6. The Balaban J connectivity index is 1.29. The first-order valence-electron chi connectivity index (χ1n) is 14.2. The monoisotopic (exact) mass is 568 g/mol. The Morgan fingerprint density at radius 3 is 2.45 bits per heavy atom. The number of nitrogens with zero attached hydrogens (tertiary/aromatic N) is 2. The number of benzene rings is 2. The van der Waals surface area contributed by atoms with E-state index in [1.54, 1.807) is 7.11 Å². The third kappa shape index (κ3) is 6.44. The van der Waals surface area contributed by atoms with Gasteiger partial charge in [-0.25, -0.2) is 0 Å². The average Bonchev–Trinajstić information content (AvgIpc) is 3.51. The smallest absolute Gasteiger partial charge is 0.306 e. The van der Waals surface area contributed by atoms with E-state index in [-0.39, 0.29) is 49.8 Å². The molecule has 214 valence electrons. The molecular formula is C31H37ClN2O6. The number of ether oxygens (including phenoxy) is 2. The number of methoxy groups -OCH3 is 1. The molecule has 0 bridgehead atoms. The number of imide groups is 1. The van der Waals surface area contributed by atoms with Gasteiger partial charge in [0.15, 0.2) is 11.5 Å². The van der Waals surface area contributed by atoms with Crippen LogP contribution in [0.5, 0.6) is 11.5 Å². The molecule has 2 aromatic carbocycles. The molecule has 2 fully saturated rings. The van der Waals surface area contributed by atoms with Crippen molar-refractivity contribution in [1.29, 1.82) is 0 Å². The molecule has 1 atom stereocenters. The van der Waals surface area contributed by atoms with E-state index >= 15 is 0 Å². The number of halogens is 1. The molecule has 1 heterocycles. The Morgan fingerprint density at radius 2 is 1.75 bits per heavy atom. The van der Waals surface area contributed by atoms with Gasteiger partial charge in [-0.05, 0) is 85.4 Å². The lowest BCUT2D eigenvalue weighted by Gasteiger charge is -2.35. The van der Waals surface area contributed by atoms with Gasteiger partial charge in [0.1, 0.15) is 6.61 Å². The Kier molecular flexibility index (Phi) is 8.96. The van der Waals surface area contributed by atoms with Crippen LogP contribution in [-0.4, -0.2) is 59.5 Å². The molecule has 0 aromatic heterocycles. The van der Waals surface area contributed by atoms with Gasteiger partial charge in [0.2, 0.25) is 11.8 Å². The van der Waals surface area contributed by atoms with Crippen molar-refractivity contribution in [2.75, 3.05) is 26.8 Å². The summed E-state index contributed by atoms with van der Waals surface area (Å²) in [6, 6.07) is 12.4. The summed E-state index contributed by atoms with van der Waals surface area (Å²) in [5, 5.41) is 10.2. The predicted molar refractivity (Wildman–Crippen MR) is 150 cm³/mol. The zero-order chi connectivity index (χ0) is 28.2. The minimum absolute atomic E-state index is 0.150. The molecule has 8 nitrogen and oxygen atoms in total. The predicted octanol–water partition coefficient (Wildman–Crippen LogP) is 5.26. The number of rotatable bonds is 11. The number of aryl methyl sites for hydroxylation is 1. The summed E-state index contributed by atoms with van der Waals surface area (Å²) in [5.74, 6) is 0.434. The second-order valence-electron chi connectivity index (χ2n) is 11.2. The molecule has 0 spiro atoms. The van der Waals surface area contributed by atoms with Crippen LogP contribution in [0.2, 0.25) is 5.02 Å². The van der Waals surface area contributed by atoms with Crippen molar-refractivity contribution in [2.24, 2.45) is 11.8 Å². The lowest BCUT2D eigenvalue weighted by molar-refractivity contribution is -0.143. The minimum Gasteiger partial charge on any atom is -0.493 e. The number of carbonyl (C=O) groups excluding carboxylic acids is 2. The summed E-state index contributed by atoms with van der Waals surface area (Å²) >= 11 is 6.29. The Morgan fingerprint density at radius 1 is 1.00 bits per heavy atom. The lowest BCUT2D eigenvalue weighted by Crippen LogP contribution is -2.34. The van der Waals surface area contributed by atoms with Crippen molar-refractivity contribution < 1.29 is 29.0 Å². The third-order valence-electron chi connectivity index (χ3n) is 8.62. The van der Waals surface area contributed by atoms with Gasteiger partial charge in [0.25, 0.3) is 0 Å². The van der Waals surface area contributed by atoms with Crippen molar-refractivity contribution in [3.05, 3.63) is 58.1 Å². The molecule has 2 amide bonds. The number of hydrogen-bond acceptors (Lipinski definition) is 6. The van der Waals surface area contributed by atoms with Gasteiger partial charge in [-0.15, -0.1) is 0 Å². The van der Waals surface area contributed by atoms with E-state index in [2.05, 4.69) is 17.0 Å². The third-order valence-corrected chi connectivity index (χ3v) is 8.86. The summed E-state index contributed by atoms with van der Waals surface area (Å²) in [6.45, 7) is 2.06. The summed E-state index contributed by atoms with van der Waals surface area (Å²) < 4.78 is 11.6. The maximum Gasteiger partial charge on any atom is 0.306 e. The molecule has 1 saturated heterocycles. The first-order valence-corrected chi connectivity index (χ1v) is 14.6. The molecule has 9 heteroatoms. The summed E-state index contributed by atoms with van der Waals surface area (Å²) in [5.41, 5.74) is 3.71. The number of likely N-dealkylation sites (tertiary alicyclic amines) is 1. The quantitative estimate of drug-likeness (QED) is 0.369. The van der Waals surface area contributed by atoms with Crippen molar-refractivity contribution >= 4 is 29.4 Å². The highest BCUT2D eigenvalue weighted by Crippen LogP contribution is 2.40. The van der Waals surface area contributed by atoms with Crippen LogP contribution in [0.3, 0.4) is 0 Å². The molecule has 5 rings (SSSR count). The molecule has 0 unspecified atom stereocenters. The number of aliphatic carboxylic acids is 1. The van der Waals surface area contributed by atoms with E-state index < -0.39 is 5.97 Å². The highest BCUT2D eigenvalue weighted by Gasteiger charge is 2.33. The van der Waals surface area contributed by atoms with Crippen LogP contribution in [0.4, 0.5) is 0 Å². The van der Waals surface area contributed by atoms with Crippen molar-refractivity contribution in [1.82, 2.24) is 9.80 Å². The van der Waals surface area contributed by atoms with E-state index in [1.165, 1.54) is 16.0 Å². The Hall–Kier alpha value is -3.10. The molecule has 1 aliphatic heterocycles. The average molecular weight is 569 g/mol. The van der Waals surface area contributed by atoms with E-state index in [0.717, 1.165) is 62.2 Å². The maximum absolute atomic E-state index is 11.9. The van der Waals surface area contributed by atoms with Crippen LogP contribution in [0.1, 0.15) is 67.7 Å². The first-order chi connectivity index (χ1) is 19.3. The number of amides is 2. The fourth-order valence-electron chi connectivity index (χ4n) is 6.45. The highest BCUT2D eigenvalue weighted by molar-refractivity contribution is 6.30. The maximum atomic E-state index is 11.9. The summed E-state index contributed by atoms with van der Waals surface area (Å²) in [7, 11) is 1.61. The number of carboxylic acids is 1. The van der Waals surface area contributed by atoms with Gasteiger partial charge in [-0.3, -0.25) is 24.2 Å². The van der Waals surface area contributed by atoms with E-state index in [0.29, 0.717) is 17.4 Å². The SMILES string of the molecule is COc1cc(CN(C[C@H]2CC[C@H](C(=O)O)CC2)[C@H]2CCc3cc(Cl)ccc32)ccc1OCCN1C(=O)CCC1=O. The fraction of sp³-hybridized carbons (Fsp3) is 0.516. The molecule has 40 heavy (non-hydrogen) atoms. The van der Waals surface area contributed by atoms with Gasteiger partial charge in [0.05, 0.1) is 19.6 Å². The first kappa shape index (κ1) is 28.4. The second-order valence-corrected chi connectivity index (χ2v) is 11.6. The summed E-state index contributed by atoms with van der Waals surface area (Å²) in [4.78, 5) is 39.0. The molecule has 0 radical (unpaired) electrons. The number of hydrogen-bond donors (Lipinski definition) is 1. The van der Waals surface area contributed by atoms with Crippen molar-refractivity contribution in [3.8, 4) is 11.5 Å². The van der Waals surface area contributed by atoms with E-state index in [1.807, 2.05) is 24.3 Å². The van der Waals surface area contributed by atoms with Gasteiger partial charge >= 0.3 is 5.97 Å². The van der Waals surface area contributed by atoms with Gasteiger partial charge in [0, 0.05) is 37.0 Å². The number of carbonyl (C=O) groups is 3. The Bertz CT molecular complexity index is 1240. The van der Waals surface area contributed by atoms with E-state index in [9.17, 15) is 19.5 Å². The number of fused-ring (bicyclic) bond motifs is 1. The molecule has 2 aromatic rings. The number of carboxylic acid groups (broad SMARTS) is 1. The molecular weight excluding hydrogens is 532 g/mol. The standard InChI is InChI=1S/C31H37ClN2O6/c1-39-28-16-21(4-11-27(28)40-15-14-34-29(35)12-13-30(34)36)19-33(18-20-2-5-22(6-3-20)31(37)38)26-10-7-23-17-24(32)8-9-25(23)26/h4,8-9,11,16-17,20,22,26H,2-3,5-7,10,12-15,18-19H2,1H3,(H,37,38)/t20-,22-,26-/m0/s1. The zero-order valence-corrected chi connectivity index (χ0v) is 23.7. The minimum atomic E-state index is -0.676. The van der Waals surface area contributed by atoms with Crippen LogP contribution in [0.25, 0.3) is 0 Å². The highest BCUT2D eigenvalue weighted by atomic mass is 35.5. The Labute approximate surface area is 240 Å². The molecule has 1 N–H and O–H groups in total. The topological polar surface area (TPSA) is 96.4 Å². The van der Waals surface area contributed by atoms with Gasteiger partial charge in [-0.2, -0.15) is 0 Å². The molecule has 1 saturated carbocycles. The van der Waals surface area contributed by atoms with Crippen LogP contribution < -0.4 is 9.47 Å². The van der Waals surface area contributed by atoms with Gasteiger partial charge in [-0.1, -0.05) is 23.7 Å². The van der Waals surface area contributed by atoms with E-state index in [4.69, 9.17) is 21.1 Å². The fourth-order valence-corrected chi connectivity index (χ4v) is 6.65. The second kappa shape index (κ2) is 12.6. The van der Waals surface area contributed by atoms with Crippen LogP contribution in [-0.2, 0) is 27.3 Å². The molecule has 3 aliphatic rings. The van der Waals surface area contributed by atoms with Crippen LogP contribution in [0.15, 0.2) is 36.4 Å². The van der Waals surface area contributed by atoms with Crippen LogP contribution in [0, 0.1) is 11.8 Å². The lowest BCUT2D eigenvalue weighted by atomic mass is 9.81. The zero-order valence-electron chi connectivity index (χ0n) is 22.9. The van der Waals surface area contributed by atoms with Crippen molar-refractivity contribution in [2.45, 2.75) is 64.0 Å². The van der Waals surface area contributed by atoms with Gasteiger partial charge < -0.3 is 14.6 Å².